The molecule has 20 heavy (non-hydrogen) atoms. The van der Waals surface area contributed by atoms with Crippen molar-refractivity contribution >= 4 is 34.7 Å². The number of nitrogens with one attached hydrogen (secondary N) is 1. The van der Waals surface area contributed by atoms with E-state index in [1.807, 2.05) is 41.3 Å². The van der Waals surface area contributed by atoms with Gasteiger partial charge in [0.2, 0.25) is 0 Å². The van der Waals surface area contributed by atoms with Gasteiger partial charge in [0, 0.05) is 21.6 Å². The first-order valence-electron chi connectivity index (χ1n) is 6.92. The lowest BCUT2D eigenvalue weighted by Gasteiger charge is -2.17. The summed E-state index contributed by atoms with van der Waals surface area (Å²) < 4.78 is 0. The molecule has 0 aliphatic heterocycles. The van der Waals surface area contributed by atoms with Gasteiger partial charge in [-0.2, -0.15) is 0 Å². The fourth-order valence-electron chi connectivity index (χ4n) is 1.96. The predicted molar refractivity (Wildman–Crippen MR) is 92.3 cm³/mol. The molecule has 1 unspecified atom stereocenters. The van der Waals surface area contributed by atoms with Crippen LogP contribution in [0.15, 0.2) is 46.7 Å². The number of hydrogen-bond acceptors (Lipinski definition) is 3. The third kappa shape index (κ3) is 5.13. The second kappa shape index (κ2) is 8.73. The van der Waals surface area contributed by atoms with E-state index in [2.05, 4.69) is 35.8 Å². The molecule has 1 atom stereocenters. The fraction of sp³-hybridized carbons (Fsp3) is 0.375. The predicted octanol–water partition coefficient (Wildman–Crippen LogP) is 5.10. The summed E-state index contributed by atoms with van der Waals surface area (Å²) in [6.45, 7) is 3.27. The van der Waals surface area contributed by atoms with E-state index < -0.39 is 0 Å². The van der Waals surface area contributed by atoms with Gasteiger partial charge in [0.25, 0.3) is 0 Å². The van der Waals surface area contributed by atoms with Gasteiger partial charge in [0.05, 0.1) is 5.02 Å². The summed E-state index contributed by atoms with van der Waals surface area (Å²) in [6.07, 6.45) is 2.26. The minimum Gasteiger partial charge on any atom is -0.313 e. The van der Waals surface area contributed by atoms with Crippen molar-refractivity contribution in [1.82, 2.24) is 5.32 Å². The van der Waals surface area contributed by atoms with Gasteiger partial charge in [-0.15, -0.1) is 23.1 Å². The molecule has 0 saturated carbocycles. The van der Waals surface area contributed by atoms with E-state index in [9.17, 15) is 0 Å². The Bertz CT molecular complexity index is 499. The van der Waals surface area contributed by atoms with Crippen LogP contribution in [0.2, 0.25) is 5.02 Å². The highest BCUT2D eigenvalue weighted by molar-refractivity contribution is 7.99. The standard InChI is InChI=1S/C16H20ClNS2/c1-2-9-18-13(11-14-6-5-10-19-14)12-20-16-8-4-3-7-15(16)17/h3-8,10,13,18H,2,9,11-12H2,1H3. The Morgan fingerprint density at radius 3 is 2.80 bits per heavy atom. The van der Waals surface area contributed by atoms with Gasteiger partial charge in [-0.05, 0) is 43.0 Å². The first-order chi connectivity index (χ1) is 9.79. The topological polar surface area (TPSA) is 12.0 Å². The molecule has 0 saturated heterocycles. The smallest absolute Gasteiger partial charge is 0.0541 e. The van der Waals surface area contributed by atoms with Gasteiger partial charge < -0.3 is 5.32 Å². The summed E-state index contributed by atoms with van der Waals surface area (Å²) in [5, 5.41) is 6.64. The Balaban J connectivity index is 1.91. The molecule has 1 heterocycles. The van der Waals surface area contributed by atoms with Crippen molar-refractivity contribution in [2.45, 2.75) is 30.7 Å². The summed E-state index contributed by atoms with van der Waals surface area (Å²) >= 11 is 9.89. The highest BCUT2D eigenvalue weighted by Gasteiger charge is 2.11. The Hall–Kier alpha value is -0.480. The zero-order valence-electron chi connectivity index (χ0n) is 11.6. The van der Waals surface area contributed by atoms with Crippen molar-refractivity contribution in [3.05, 3.63) is 51.7 Å². The maximum absolute atomic E-state index is 6.22. The second-order valence-corrected chi connectivity index (χ2v) is 7.18. The molecule has 0 bridgehead atoms. The average molecular weight is 326 g/mol. The van der Waals surface area contributed by atoms with Crippen LogP contribution < -0.4 is 5.32 Å². The number of thioether (sulfide) groups is 1. The van der Waals surface area contributed by atoms with E-state index >= 15 is 0 Å². The first kappa shape index (κ1) is 15.9. The molecule has 1 aromatic heterocycles. The molecule has 0 spiro atoms. The number of halogens is 1. The molecular formula is C16H20ClNS2. The first-order valence-corrected chi connectivity index (χ1v) is 9.17. The third-order valence-electron chi connectivity index (χ3n) is 2.99. The minimum atomic E-state index is 0.495. The Morgan fingerprint density at radius 2 is 2.10 bits per heavy atom. The molecule has 0 amide bonds. The van der Waals surface area contributed by atoms with Gasteiger partial charge in [-0.3, -0.25) is 0 Å². The van der Waals surface area contributed by atoms with Crippen LogP contribution in [0.4, 0.5) is 0 Å². The average Bonchev–Trinajstić information content (AvgIpc) is 2.96. The highest BCUT2D eigenvalue weighted by Crippen LogP contribution is 2.27. The monoisotopic (exact) mass is 325 g/mol. The summed E-state index contributed by atoms with van der Waals surface area (Å²) in [6, 6.07) is 12.9. The summed E-state index contributed by atoms with van der Waals surface area (Å²) in [5.41, 5.74) is 0. The van der Waals surface area contributed by atoms with Gasteiger partial charge in [0.15, 0.2) is 0 Å². The van der Waals surface area contributed by atoms with Crippen LogP contribution in [0.25, 0.3) is 0 Å². The SMILES string of the molecule is CCCNC(CSc1ccccc1Cl)Cc1cccs1. The largest absolute Gasteiger partial charge is 0.313 e. The minimum absolute atomic E-state index is 0.495. The molecule has 0 radical (unpaired) electrons. The normalized spacial score (nSPS) is 12.5. The van der Waals surface area contributed by atoms with E-state index in [-0.39, 0.29) is 0 Å². The fourth-order valence-corrected chi connectivity index (χ4v) is 4.05. The van der Waals surface area contributed by atoms with Gasteiger partial charge >= 0.3 is 0 Å². The molecule has 4 heteroatoms. The van der Waals surface area contributed by atoms with Crippen LogP contribution in [-0.4, -0.2) is 18.3 Å². The van der Waals surface area contributed by atoms with Crippen molar-refractivity contribution in [2.75, 3.05) is 12.3 Å². The number of benzene rings is 1. The van der Waals surface area contributed by atoms with Gasteiger partial charge in [0.1, 0.15) is 0 Å². The second-order valence-electron chi connectivity index (χ2n) is 4.68. The molecule has 1 N–H and O–H groups in total. The zero-order valence-corrected chi connectivity index (χ0v) is 14.0. The molecule has 0 aliphatic rings. The Morgan fingerprint density at radius 1 is 1.25 bits per heavy atom. The molecule has 0 aliphatic carbocycles. The van der Waals surface area contributed by atoms with Crippen LogP contribution in [-0.2, 0) is 6.42 Å². The molecule has 1 nitrogen and oxygen atoms in total. The highest BCUT2D eigenvalue weighted by atomic mass is 35.5. The van der Waals surface area contributed by atoms with Crippen LogP contribution in [0.1, 0.15) is 18.2 Å². The van der Waals surface area contributed by atoms with E-state index in [4.69, 9.17) is 11.6 Å². The maximum Gasteiger partial charge on any atom is 0.0541 e. The van der Waals surface area contributed by atoms with Crippen LogP contribution in [0.3, 0.4) is 0 Å². The maximum atomic E-state index is 6.22. The Kier molecular flexibility index (Phi) is 6.94. The third-order valence-corrected chi connectivity index (χ3v) is 5.56. The number of hydrogen-bond donors (Lipinski definition) is 1. The lowest BCUT2D eigenvalue weighted by molar-refractivity contribution is 0.553. The van der Waals surface area contributed by atoms with Crippen molar-refractivity contribution in [1.29, 1.82) is 0 Å². The van der Waals surface area contributed by atoms with E-state index in [0.717, 1.165) is 30.2 Å². The van der Waals surface area contributed by atoms with E-state index in [1.54, 1.807) is 0 Å². The van der Waals surface area contributed by atoms with Crippen molar-refractivity contribution < 1.29 is 0 Å². The Labute approximate surface area is 134 Å². The van der Waals surface area contributed by atoms with E-state index in [0.29, 0.717) is 6.04 Å². The van der Waals surface area contributed by atoms with Crippen LogP contribution in [0.5, 0.6) is 0 Å². The lowest BCUT2D eigenvalue weighted by atomic mass is 10.2. The molecule has 0 fully saturated rings. The van der Waals surface area contributed by atoms with E-state index in [1.165, 1.54) is 9.77 Å². The quantitative estimate of drug-likeness (QED) is 0.677. The summed E-state index contributed by atoms with van der Waals surface area (Å²) in [7, 11) is 0. The molecular weight excluding hydrogens is 306 g/mol. The van der Waals surface area contributed by atoms with Crippen molar-refractivity contribution in [3.8, 4) is 0 Å². The summed E-state index contributed by atoms with van der Waals surface area (Å²) in [5.74, 6) is 1.04. The van der Waals surface area contributed by atoms with Crippen molar-refractivity contribution in [2.24, 2.45) is 0 Å². The van der Waals surface area contributed by atoms with Gasteiger partial charge in [-0.1, -0.05) is 36.7 Å². The van der Waals surface area contributed by atoms with Crippen molar-refractivity contribution in [3.63, 3.8) is 0 Å². The van der Waals surface area contributed by atoms with Crippen LogP contribution in [0, 0.1) is 0 Å². The molecule has 108 valence electrons. The number of rotatable bonds is 8. The molecule has 2 aromatic rings. The summed E-state index contributed by atoms with van der Waals surface area (Å²) in [4.78, 5) is 2.61. The van der Waals surface area contributed by atoms with Crippen LogP contribution >= 0.6 is 34.7 Å². The lowest BCUT2D eigenvalue weighted by Crippen LogP contribution is -2.33. The number of thiophene rings is 1. The van der Waals surface area contributed by atoms with Gasteiger partial charge in [-0.25, -0.2) is 0 Å². The zero-order chi connectivity index (χ0) is 14.2. The molecule has 1 aromatic carbocycles. The molecule has 2 rings (SSSR count).